The Morgan fingerprint density at radius 1 is 1.07 bits per heavy atom. The Bertz CT molecular complexity index is 996. The van der Waals surface area contributed by atoms with Crippen molar-refractivity contribution in [2.45, 2.75) is 6.54 Å². The van der Waals surface area contributed by atoms with Gasteiger partial charge in [-0.05, 0) is 23.3 Å². The molecule has 0 aliphatic carbocycles. The van der Waals surface area contributed by atoms with Crippen molar-refractivity contribution in [1.82, 2.24) is 4.98 Å². The summed E-state index contributed by atoms with van der Waals surface area (Å²) in [6, 6.07) is 17.1. The lowest BCUT2D eigenvalue weighted by molar-refractivity contribution is 0.286. The fraction of sp³-hybridized carbons (Fsp3) is 0.150. The standard InChI is InChI=1S/C20H20ClN2O4P/c1-25-28(24,26-2)20-19(22-14-16-10-6-7-11-17(16)21)27-18(23-20)13-12-15-8-4-3-5-9-15/h3-13,22H,14H2,1-2H3/b13-12+. The van der Waals surface area contributed by atoms with E-state index in [1.165, 1.54) is 14.2 Å². The summed E-state index contributed by atoms with van der Waals surface area (Å²) in [6.45, 7) is 0.358. The van der Waals surface area contributed by atoms with E-state index in [-0.39, 0.29) is 17.2 Å². The van der Waals surface area contributed by atoms with E-state index in [1.807, 2.05) is 54.6 Å². The summed E-state index contributed by atoms with van der Waals surface area (Å²) in [4.78, 5) is 4.31. The van der Waals surface area contributed by atoms with E-state index in [2.05, 4.69) is 10.3 Å². The van der Waals surface area contributed by atoms with Crippen LogP contribution in [0.25, 0.3) is 12.2 Å². The van der Waals surface area contributed by atoms with Gasteiger partial charge in [0.1, 0.15) is 0 Å². The summed E-state index contributed by atoms with van der Waals surface area (Å²) in [5, 5.41) is 3.70. The fourth-order valence-electron chi connectivity index (χ4n) is 2.50. The molecule has 1 aromatic heterocycles. The Balaban J connectivity index is 1.90. The van der Waals surface area contributed by atoms with Gasteiger partial charge in [0, 0.05) is 31.9 Å². The Hall–Kier alpha value is -2.37. The van der Waals surface area contributed by atoms with Crippen molar-refractivity contribution in [3.63, 3.8) is 0 Å². The van der Waals surface area contributed by atoms with Crippen LogP contribution in [-0.4, -0.2) is 19.2 Å². The molecule has 0 atom stereocenters. The molecular formula is C20H20ClN2O4P. The Morgan fingerprint density at radius 3 is 2.43 bits per heavy atom. The summed E-state index contributed by atoms with van der Waals surface area (Å²) >= 11 is 6.20. The van der Waals surface area contributed by atoms with Crippen LogP contribution < -0.4 is 10.8 Å². The molecule has 1 N–H and O–H groups in total. The van der Waals surface area contributed by atoms with Gasteiger partial charge in [-0.1, -0.05) is 60.1 Å². The van der Waals surface area contributed by atoms with E-state index in [9.17, 15) is 4.57 Å². The highest BCUT2D eigenvalue weighted by Gasteiger charge is 2.33. The lowest BCUT2D eigenvalue weighted by atomic mass is 10.2. The van der Waals surface area contributed by atoms with Crippen LogP contribution in [0.2, 0.25) is 5.02 Å². The summed E-state index contributed by atoms with van der Waals surface area (Å²) in [5.41, 5.74) is 1.92. The van der Waals surface area contributed by atoms with Crippen molar-refractivity contribution in [2.24, 2.45) is 0 Å². The van der Waals surface area contributed by atoms with E-state index in [4.69, 9.17) is 25.1 Å². The largest absolute Gasteiger partial charge is 0.420 e. The molecule has 3 aromatic rings. The molecule has 28 heavy (non-hydrogen) atoms. The van der Waals surface area contributed by atoms with Crippen LogP contribution in [0.3, 0.4) is 0 Å². The highest BCUT2D eigenvalue weighted by Crippen LogP contribution is 2.47. The molecular weight excluding hydrogens is 399 g/mol. The number of nitrogens with one attached hydrogen (secondary N) is 1. The van der Waals surface area contributed by atoms with Gasteiger partial charge in [0.05, 0.1) is 0 Å². The molecule has 6 nitrogen and oxygen atoms in total. The van der Waals surface area contributed by atoms with Gasteiger partial charge < -0.3 is 18.8 Å². The van der Waals surface area contributed by atoms with E-state index >= 15 is 0 Å². The minimum atomic E-state index is -3.61. The number of hydrogen-bond acceptors (Lipinski definition) is 6. The second kappa shape index (κ2) is 9.22. The molecule has 0 bridgehead atoms. The minimum Gasteiger partial charge on any atom is -0.420 e. The van der Waals surface area contributed by atoms with E-state index in [0.29, 0.717) is 11.6 Å². The van der Waals surface area contributed by atoms with Gasteiger partial charge in [-0.15, -0.1) is 0 Å². The van der Waals surface area contributed by atoms with E-state index in [1.54, 1.807) is 12.1 Å². The molecule has 0 saturated carbocycles. The molecule has 0 radical (unpaired) electrons. The van der Waals surface area contributed by atoms with Crippen LogP contribution in [0.4, 0.5) is 5.88 Å². The van der Waals surface area contributed by atoms with Crippen molar-refractivity contribution in [3.8, 4) is 0 Å². The molecule has 0 aliphatic heterocycles. The minimum absolute atomic E-state index is 0.0808. The summed E-state index contributed by atoms with van der Waals surface area (Å²) in [7, 11) is -1.01. The maximum absolute atomic E-state index is 12.9. The third kappa shape index (κ3) is 4.72. The Kier molecular flexibility index (Phi) is 6.70. The summed E-state index contributed by atoms with van der Waals surface area (Å²) in [6.07, 6.45) is 3.53. The molecule has 3 rings (SSSR count). The molecule has 146 valence electrons. The van der Waals surface area contributed by atoms with Gasteiger partial charge in [0.25, 0.3) is 0 Å². The average Bonchev–Trinajstić information content (AvgIpc) is 3.15. The first kappa shape index (κ1) is 20.4. The first-order chi connectivity index (χ1) is 13.6. The molecule has 0 saturated heterocycles. The Labute approximate surface area is 168 Å². The SMILES string of the molecule is COP(=O)(OC)c1nc(/C=C/c2ccccc2)oc1NCc1ccccc1Cl. The van der Waals surface area contributed by atoms with Gasteiger partial charge in [0.2, 0.25) is 17.2 Å². The molecule has 0 aliphatic rings. The molecule has 0 amide bonds. The highest BCUT2D eigenvalue weighted by atomic mass is 35.5. The zero-order valence-electron chi connectivity index (χ0n) is 15.5. The third-order valence-corrected chi connectivity index (χ3v) is 6.13. The van der Waals surface area contributed by atoms with Gasteiger partial charge in [0.15, 0.2) is 0 Å². The maximum Gasteiger partial charge on any atom is 0.384 e. The highest BCUT2D eigenvalue weighted by molar-refractivity contribution is 7.62. The normalized spacial score (nSPS) is 11.8. The number of oxazole rings is 1. The number of halogens is 1. The summed E-state index contributed by atoms with van der Waals surface area (Å²) in [5.74, 6) is 0.481. The zero-order chi connectivity index (χ0) is 20.0. The summed E-state index contributed by atoms with van der Waals surface area (Å²) < 4.78 is 28.8. The van der Waals surface area contributed by atoms with Crippen LogP contribution in [0.1, 0.15) is 17.0 Å². The monoisotopic (exact) mass is 418 g/mol. The van der Waals surface area contributed by atoms with Crippen molar-refractivity contribution in [2.75, 3.05) is 19.5 Å². The van der Waals surface area contributed by atoms with Crippen molar-refractivity contribution in [3.05, 3.63) is 76.6 Å². The lowest BCUT2D eigenvalue weighted by Crippen LogP contribution is -2.15. The fourth-order valence-corrected chi connectivity index (χ4v) is 3.79. The van der Waals surface area contributed by atoms with Crippen molar-refractivity contribution in [1.29, 1.82) is 0 Å². The molecule has 0 fully saturated rings. The molecule has 1 heterocycles. The quantitative estimate of drug-likeness (QED) is 0.505. The molecule has 0 spiro atoms. The lowest BCUT2D eigenvalue weighted by Gasteiger charge is -2.12. The second-order valence-corrected chi connectivity index (χ2v) is 8.31. The predicted octanol–water partition coefficient (Wildman–Crippen LogP) is 5.22. The van der Waals surface area contributed by atoms with Crippen molar-refractivity contribution < 1.29 is 18.0 Å². The number of benzene rings is 2. The number of rotatable bonds is 8. The zero-order valence-corrected chi connectivity index (χ0v) is 17.1. The average molecular weight is 419 g/mol. The van der Waals surface area contributed by atoms with Crippen molar-refractivity contribution >= 4 is 42.7 Å². The number of aromatic nitrogens is 1. The number of anilines is 1. The van der Waals surface area contributed by atoms with Crippen LogP contribution >= 0.6 is 19.2 Å². The molecule has 8 heteroatoms. The van der Waals surface area contributed by atoms with Crippen LogP contribution in [-0.2, 0) is 20.2 Å². The first-order valence-electron chi connectivity index (χ1n) is 8.49. The van der Waals surface area contributed by atoms with Gasteiger partial charge >= 0.3 is 7.60 Å². The smallest absolute Gasteiger partial charge is 0.384 e. The molecule has 2 aromatic carbocycles. The van der Waals surface area contributed by atoms with E-state index in [0.717, 1.165) is 11.1 Å². The van der Waals surface area contributed by atoms with Crippen LogP contribution in [0.15, 0.2) is 59.0 Å². The number of nitrogens with zero attached hydrogens (tertiary/aromatic N) is 1. The first-order valence-corrected chi connectivity index (χ1v) is 10.4. The van der Waals surface area contributed by atoms with Crippen LogP contribution in [0, 0.1) is 0 Å². The Morgan fingerprint density at radius 2 is 1.75 bits per heavy atom. The third-order valence-electron chi connectivity index (χ3n) is 3.98. The molecule has 0 unspecified atom stereocenters. The topological polar surface area (TPSA) is 73.6 Å². The van der Waals surface area contributed by atoms with Gasteiger partial charge in [-0.3, -0.25) is 4.57 Å². The maximum atomic E-state index is 12.9. The van der Waals surface area contributed by atoms with Crippen LogP contribution in [0.5, 0.6) is 0 Å². The van der Waals surface area contributed by atoms with Gasteiger partial charge in [-0.2, -0.15) is 4.98 Å². The van der Waals surface area contributed by atoms with E-state index < -0.39 is 7.60 Å². The van der Waals surface area contributed by atoms with Gasteiger partial charge in [-0.25, -0.2) is 0 Å². The second-order valence-electron chi connectivity index (χ2n) is 5.76. The predicted molar refractivity (Wildman–Crippen MR) is 112 cm³/mol. The number of hydrogen-bond donors (Lipinski definition) is 1.